The number of hydrogen-bond donors (Lipinski definition) is 1. The van der Waals surface area contributed by atoms with Crippen LogP contribution in [0, 0.1) is 12.8 Å². The third-order valence-electron chi connectivity index (χ3n) is 3.80. The minimum Gasteiger partial charge on any atom is -0.380 e. The van der Waals surface area contributed by atoms with E-state index in [0.29, 0.717) is 12.1 Å². The molecule has 1 fully saturated rings. The van der Waals surface area contributed by atoms with Gasteiger partial charge in [0, 0.05) is 26.6 Å². The average Bonchev–Trinajstić information content (AvgIpc) is 3.13. The first-order chi connectivity index (χ1) is 8.58. The van der Waals surface area contributed by atoms with E-state index in [1.54, 1.807) is 0 Å². The van der Waals surface area contributed by atoms with E-state index < -0.39 is 0 Å². The van der Waals surface area contributed by atoms with Gasteiger partial charge < -0.3 is 10.1 Å². The molecule has 1 heterocycles. The zero-order valence-electron chi connectivity index (χ0n) is 11.5. The van der Waals surface area contributed by atoms with Crippen molar-refractivity contribution in [2.24, 2.45) is 13.0 Å². The van der Waals surface area contributed by atoms with Crippen LogP contribution in [0.1, 0.15) is 24.2 Å². The van der Waals surface area contributed by atoms with E-state index in [2.05, 4.69) is 26.3 Å². The van der Waals surface area contributed by atoms with Gasteiger partial charge in [0.2, 0.25) is 0 Å². The third-order valence-corrected chi connectivity index (χ3v) is 4.83. The fourth-order valence-corrected chi connectivity index (χ4v) is 3.10. The van der Waals surface area contributed by atoms with Gasteiger partial charge in [-0.15, -0.1) is 0 Å². The normalized spacial score (nSPS) is 18.9. The van der Waals surface area contributed by atoms with Crippen LogP contribution in [0.5, 0.6) is 0 Å². The average molecular weight is 316 g/mol. The van der Waals surface area contributed by atoms with E-state index in [9.17, 15) is 0 Å². The number of nitrogens with one attached hydrogen (secondary N) is 1. The van der Waals surface area contributed by atoms with Gasteiger partial charge in [-0.3, -0.25) is 4.68 Å². The second kappa shape index (κ2) is 5.72. The van der Waals surface area contributed by atoms with Crippen molar-refractivity contribution >= 4 is 15.9 Å². The summed E-state index contributed by atoms with van der Waals surface area (Å²) in [4.78, 5) is 0. The number of aryl methyl sites for hydroxylation is 2. The van der Waals surface area contributed by atoms with Crippen molar-refractivity contribution in [1.82, 2.24) is 15.1 Å². The molecule has 1 aromatic heterocycles. The molecular formula is C13H22BrN3O. The molecule has 1 aliphatic rings. The van der Waals surface area contributed by atoms with Gasteiger partial charge in [0.05, 0.1) is 22.0 Å². The minimum absolute atomic E-state index is 0.303. The monoisotopic (exact) mass is 315 g/mol. The van der Waals surface area contributed by atoms with Gasteiger partial charge in [-0.05, 0) is 48.7 Å². The smallest absolute Gasteiger partial charge is 0.0756 e. The van der Waals surface area contributed by atoms with Gasteiger partial charge in [0.1, 0.15) is 0 Å². The number of likely N-dealkylation sites (N-methyl/N-ethyl adjacent to an activating group) is 1. The van der Waals surface area contributed by atoms with E-state index in [1.165, 1.54) is 18.5 Å². The molecule has 1 aliphatic carbocycles. The topological polar surface area (TPSA) is 39.1 Å². The minimum atomic E-state index is 0.303. The Labute approximate surface area is 117 Å². The van der Waals surface area contributed by atoms with Crippen LogP contribution in [0.4, 0.5) is 0 Å². The van der Waals surface area contributed by atoms with Gasteiger partial charge in [-0.2, -0.15) is 5.10 Å². The Hall–Kier alpha value is -0.390. The predicted molar refractivity (Wildman–Crippen MR) is 75.7 cm³/mol. The Morgan fingerprint density at radius 3 is 2.61 bits per heavy atom. The summed E-state index contributed by atoms with van der Waals surface area (Å²) >= 11 is 3.63. The quantitative estimate of drug-likeness (QED) is 0.873. The highest BCUT2D eigenvalue weighted by atomic mass is 79.9. The molecule has 2 rings (SSSR count). The van der Waals surface area contributed by atoms with Crippen molar-refractivity contribution < 1.29 is 4.74 Å². The first-order valence-corrected chi connectivity index (χ1v) is 7.25. The van der Waals surface area contributed by atoms with Crippen LogP contribution >= 0.6 is 15.9 Å². The summed E-state index contributed by atoms with van der Waals surface area (Å²) in [5.74, 6) is 0.723. The summed E-state index contributed by atoms with van der Waals surface area (Å²) in [6, 6.07) is 0.341. The van der Waals surface area contributed by atoms with Crippen LogP contribution in [0.15, 0.2) is 4.47 Å². The number of hydrogen-bond acceptors (Lipinski definition) is 3. The molecule has 2 atom stereocenters. The number of ether oxygens (including phenoxy) is 1. The molecule has 1 saturated carbocycles. The summed E-state index contributed by atoms with van der Waals surface area (Å²) < 4.78 is 8.76. The molecule has 18 heavy (non-hydrogen) atoms. The van der Waals surface area contributed by atoms with Crippen molar-refractivity contribution in [3.63, 3.8) is 0 Å². The Morgan fingerprint density at radius 1 is 1.56 bits per heavy atom. The number of methoxy groups -OCH3 is 1. The standard InChI is InChI=1S/C13H22BrN3O/c1-8-12(14)11(17(3)16-8)7-10(15-2)13(18-4)9-5-6-9/h9-10,13,15H,5-7H2,1-4H3. The van der Waals surface area contributed by atoms with E-state index in [0.717, 1.165) is 22.5 Å². The fraction of sp³-hybridized carbons (Fsp3) is 0.769. The van der Waals surface area contributed by atoms with Crippen molar-refractivity contribution in [3.05, 3.63) is 15.9 Å². The molecule has 4 nitrogen and oxygen atoms in total. The van der Waals surface area contributed by atoms with Crippen LogP contribution in [-0.4, -0.2) is 36.1 Å². The van der Waals surface area contributed by atoms with E-state index in [4.69, 9.17) is 4.74 Å². The van der Waals surface area contributed by atoms with E-state index in [1.807, 2.05) is 32.8 Å². The molecule has 0 aliphatic heterocycles. The highest BCUT2D eigenvalue weighted by Crippen LogP contribution is 2.36. The van der Waals surface area contributed by atoms with Gasteiger partial charge in [-0.25, -0.2) is 0 Å². The Balaban J connectivity index is 2.14. The van der Waals surface area contributed by atoms with Gasteiger partial charge in [0.15, 0.2) is 0 Å². The molecule has 0 saturated heterocycles. The van der Waals surface area contributed by atoms with E-state index >= 15 is 0 Å². The van der Waals surface area contributed by atoms with Crippen LogP contribution in [0.2, 0.25) is 0 Å². The molecule has 0 radical (unpaired) electrons. The summed E-state index contributed by atoms with van der Waals surface area (Å²) in [6.07, 6.45) is 3.82. The van der Waals surface area contributed by atoms with Crippen LogP contribution < -0.4 is 5.32 Å². The summed E-state index contributed by atoms with van der Waals surface area (Å²) in [6.45, 7) is 2.02. The molecular weight excluding hydrogens is 294 g/mol. The lowest BCUT2D eigenvalue weighted by Gasteiger charge is -2.26. The fourth-order valence-electron chi connectivity index (χ4n) is 2.60. The maximum atomic E-state index is 5.68. The van der Waals surface area contributed by atoms with Gasteiger partial charge >= 0.3 is 0 Å². The summed E-state index contributed by atoms with van der Waals surface area (Å²) in [5.41, 5.74) is 2.28. The molecule has 0 bridgehead atoms. The molecule has 0 aromatic carbocycles. The van der Waals surface area contributed by atoms with Crippen LogP contribution in [-0.2, 0) is 18.2 Å². The SMILES string of the molecule is CNC(Cc1c(Br)c(C)nn1C)C(OC)C1CC1. The van der Waals surface area contributed by atoms with Crippen molar-refractivity contribution in [1.29, 1.82) is 0 Å². The summed E-state index contributed by atoms with van der Waals surface area (Å²) in [7, 11) is 5.83. The zero-order chi connectivity index (χ0) is 13.3. The second-order valence-corrected chi connectivity index (χ2v) is 5.90. The van der Waals surface area contributed by atoms with Crippen LogP contribution in [0.25, 0.3) is 0 Å². The first-order valence-electron chi connectivity index (χ1n) is 6.46. The Bertz CT molecular complexity index is 415. The lowest BCUT2D eigenvalue weighted by molar-refractivity contribution is 0.0528. The molecule has 5 heteroatoms. The molecule has 0 spiro atoms. The van der Waals surface area contributed by atoms with Crippen molar-refractivity contribution in [2.45, 2.75) is 38.3 Å². The van der Waals surface area contributed by atoms with Gasteiger partial charge in [0.25, 0.3) is 0 Å². The molecule has 102 valence electrons. The number of halogens is 1. The van der Waals surface area contributed by atoms with E-state index in [-0.39, 0.29) is 0 Å². The molecule has 1 N–H and O–H groups in total. The number of aromatic nitrogens is 2. The highest BCUT2D eigenvalue weighted by molar-refractivity contribution is 9.10. The van der Waals surface area contributed by atoms with Crippen molar-refractivity contribution in [2.75, 3.05) is 14.2 Å². The molecule has 1 aromatic rings. The third kappa shape index (κ3) is 2.78. The zero-order valence-corrected chi connectivity index (χ0v) is 13.1. The number of nitrogens with zero attached hydrogens (tertiary/aromatic N) is 2. The summed E-state index contributed by atoms with van der Waals surface area (Å²) in [5, 5.41) is 7.84. The lowest BCUT2D eigenvalue weighted by Crippen LogP contribution is -2.42. The Kier molecular flexibility index (Phi) is 4.45. The molecule has 2 unspecified atom stereocenters. The van der Waals surface area contributed by atoms with Crippen molar-refractivity contribution in [3.8, 4) is 0 Å². The number of rotatable bonds is 6. The highest BCUT2D eigenvalue weighted by Gasteiger charge is 2.36. The van der Waals surface area contributed by atoms with Crippen LogP contribution in [0.3, 0.4) is 0 Å². The maximum absolute atomic E-state index is 5.68. The molecule has 0 amide bonds. The largest absolute Gasteiger partial charge is 0.380 e. The predicted octanol–water partition coefficient (Wildman–Crippen LogP) is 2.05. The Morgan fingerprint density at radius 2 is 2.22 bits per heavy atom. The van der Waals surface area contributed by atoms with Gasteiger partial charge in [-0.1, -0.05) is 0 Å². The second-order valence-electron chi connectivity index (χ2n) is 5.11. The first kappa shape index (κ1) is 14.0. The lowest BCUT2D eigenvalue weighted by atomic mass is 10.0. The maximum Gasteiger partial charge on any atom is 0.0756 e.